The lowest BCUT2D eigenvalue weighted by atomic mass is 10.2. The Balaban J connectivity index is 0.00000338. The Bertz CT molecular complexity index is 624. The first-order valence-corrected chi connectivity index (χ1v) is 9.32. The van der Waals surface area contributed by atoms with Crippen LogP contribution in [0.2, 0.25) is 0 Å². The molecule has 0 bridgehead atoms. The minimum atomic E-state index is 0. The van der Waals surface area contributed by atoms with Crippen LogP contribution in [0.3, 0.4) is 0 Å². The van der Waals surface area contributed by atoms with Crippen molar-refractivity contribution in [2.24, 2.45) is 4.99 Å². The highest BCUT2D eigenvalue weighted by molar-refractivity contribution is 14.0. The van der Waals surface area contributed by atoms with Gasteiger partial charge in [-0.1, -0.05) is 56.5 Å². The first-order valence-electron chi connectivity index (χ1n) is 9.32. The predicted molar refractivity (Wildman–Crippen MR) is 120 cm³/mol. The van der Waals surface area contributed by atoms with E-state index in [1.54, 1.807) is 0 Å². The number of halogens is 1. The topological polar surface area (TPSA) is 54.2 Å². The summed E-state index contributed by atoms with van der Waals surface area (Å²) >= 11 is 0. The second kappa shape index (κ2) is 13.6. The van der Waals surface area contributed by atoms with Crippen LogP contribution in [-0.4, -0.2) is 35.6 Å². The lowest BCUT2D eigenvalue weighted by Crippen LogP contribution is -2.38. The van der Waals surface area contributed by atoms with Gasteiger partial charge in [0, 0.05) is 45.5 Å². The second-order valence-electron chi connectivity index (χ2n) is 6.19. The fourth-order valence-corrected chi connectivity index (χ4v) is 2.76. The van der Waals surface area contributed by atoms with Crippen LogP contribution in [0.4, 0.5) is 0 Å². The molecular formula is C20H32IN5. The Labute approximate surface area is 174 Å². The molecule has 1 aromatic heterocycles. The van der Waals surface area contributed by atoms with Gasteiger partial charge in [0.25, 0.3) is 0 Å². The molecular weight excluding hydrogens is 437 g/mol. The normalized spacial score (nSPS) is 11.1. The van der Waals surface area contributed by atoms with E-state index >= 15 is 0 Å². The Kier molecular flexibility index (Phi) is 11.8. The van der Waals surface area contributed by atoms with Crippen molar-refractivity contribution >= 4 is 29.9 Å². The molecule has 0 aliphatic rings. The van der Waals surface area contributed by atoms with Gasteiger partial charge < -0.3 is 15.2 Å². The number of guanidine groups is 1. The standard InChI is InChI=1S/C20H31N5.HI/c1-3-4-5-9-13-23-20(21-2)24-14-12-19-22-15-16-25(19)17-18-10-7-6-8-11-18;/h6-8,10-11,15-16H,3-5,9,12-14,17H2,1-2H3,(H2,21,23,24);1H. The van der Waals surface area contributed by atoms with Gasteiger partial charge in [0.2, 0.25) is 0 Å². The van der Waals surface area contributed by atoms with Gasteiger partial charge in [-0.3, -0.25) is 4.99 Å². The van der Waals surface area contributed by atoms with E-state index in [1.165, 1.54) is 31.2 Å². The highest BCUT2D eigenvalue weighted by Gasteiger charge is 2.04. The molecule has 2 aromatic rings. The van der Waals surface area contributed by atoms with Crippen LogP contribution in [0.1, 0.15) is 44.0 Å². The first-order chi connectivity index (χ1) is 12.3. The Hall–Kier alpha value is -1.57. The largest absolute Gasteiger partial charge is 0.356 e. The maximum atomic E-state index is 4.49. The summed E-state index contributed by atoms with van der Waals surface area (Å²) in [5.41, 5.74) is 1.29. The van der Waals surface area contributed by atoms with Gasteiger partial charge in [-0.25, -0.2) is 4.98 Å². The first kappa shape index (κ1) is 22.5. The van der Waals surface area contributed by atoms with Crippen molar-refractivity contribution in [3.05, 3.63) is 54.1 Å². The van der Waals surface area contributed by atoms with E-state index in [9.17, 15) is 0 Å². The van der Waals surface area contributed by atoms with Crippen molar-refractivity contribution in [1.82, 2.24) is 20.2 Å². The number of rotatable bonds is 10. The van der Waals surface area contributed by atoms with E-state index in [-0.39, 0.29) is 24.0 Å². The molecule has 0 radical (unpaired) electrons. The summed E-state index contributed by atoms with van der Waals surface area (Å²) in [5.74, 6) is 1.97. The van der Waals surface area contributed by atoms with Crippen LogP contribution in [-0.2, 0) is 13.0 Å². The van der Waals surface area contributed by atoms with Gasteiger partial charge in [0.05, 0.1) is 0 Å². The molecule has 1 aromatic carbocycles. The number of aromatic nitrogens is 2. The molecule has 0 saturated heterocycles. The second-order valence-corrected chi connectivity index (χ2v) is 6.19. The molecule has 5 nitrogen and oxygen atoms in total. The van der Waals surface area contributed by atoms with E-state index in [2.05, 4.69) is 56.4 Å². The maximum absolute atomic E-state index is 4.49. The zero-order valence-electron chi connectivity index (χ0n) is 15.9. The minimum Gasteiger partial charge on any atom is -0.356 e. The number of imidazole rings is 1. The molecule has 0 aliphatic carbocycles. The molecule has 0 amide bonds. The number of aliphatic imine (C=N–C) groups is 1. The van der Waals surface area contributed by atoms with Crippen molar-refractivity contribution < 1.29 is 0 Å². The van der Waals surface area contributed by atoms with Crippen molar-refractivity contribution in [1.29, 1.82) is 0 Å². The van der Waals surface area contributed by atoms with Crippen molar-refractivity contribution in [2.45, 2.75) is 45.6 Å². The van der Waals surface area contributed by atoms with Gasteiger partial charge in [0.1, 0.15) is 5.82 Å². The molecule has 26 heavy (non-hydrogen) atoms. The van der Waals surface area contributed by atoms with E-state index in [1.807, 2.05) is 25.5 Å². The van der Waals surface area contributed by atoms with E-state index in [4.69, 9.17) is 0 Å². The van der Waals surface area contributed by atoms with Crippen LogP contribution in [0.25, 0.3) is 0 Å². The summed E-state index contributed by atoms with van der Waals surface area (Å²) in [5, 5.41) is 6.75. The van der Waals surface area contributed by atoms with Crippen LogP contribution in [0.15, 0.2) is 47.7 Å². The fraction of sp³-hybridized carbons (Fsp3) is 0.500. The Morgan fingerprint density at radius 2 is 1.85 bits per heavy atom. The van der Waals surface area contributed by atoms with Gasteiger partial charge >= 0.3 is 0 Å². The molecule has 0 unspecified atom stereocenters. The van der Waals surface area contributed by atoms with Gasteiger partial charge in [-0.05, 0) is 12.0 Å². The summed E-state index contributed by atoms with van der Waals surface area (Å²) in [6.45, 7) is 4.89. The lowest BCUT2D eigenvalue weighted by Gasteiger charge is -2.12. The van der Waals surface area contributed by atoms with Crippen LogP contribution in [0.5, 0.6) is 0 Å². The summed E-state index contributed by atoms with van der Waals surface area (Å²) in [7, 11) is 1.82. The molecule has 2 N–H and O–H groups in total. The number of unbranched alkanes of at least 4 members (excludes halogenated alkanes) is 3. The maximum Gasteiger partial charge on any atom is 0.190 e. The van der Waals surface area contributed by atoms with Crippen LogP contribution in [0, 0.1) is 0 Å². The number of nitrogens with zero attached hydrogens (tertiary/aromatic N) is 3. The smallest absolute Gasteiger partial charge is 0.190 e. The van der Waals surface area contributed by atoms with Crippen molar-refractivity contribution in [3.8, 4) is 0 Å². The summed E-state index contributed by atoms with van der Waals surface area (Å²) in [4.78, 5) is 8.78. The summed E-state index contributed by atoms with van der Waals surface area (Å²) in [6.07, 6.45) is 9.83. The monoisotopic (exact) mass is 469 g/mol. The van der Waals surface area contributed by atoms with E-state index in [0.717, 1.165) is 37.8 Å². The van der Waals surface area contributed by atoms with Gasteiger partial charge in [-0.15, -0.1) is 24.0 Å². The molecule has 1 heterocycles. The van der Waals surface area contributed by atoms with Gasteiger partial charge in [0.15, 0.2) is 5.96 Å². The summed E-state index contributed by atoms with van der Waals surface area (Å²) < 4.78 is 2.21. The summed E-state index contributed by atoms with van der Waals surface area (Å²) in [6, 6.07) is 10.5. The molecule has 2 rings (SSSR count). The molecule has 0 spiro atoms. The fourth-order valence-electron chi connectivity index (χ4n) is 2.76. The van der Waals surface area contributed by atoms with E-state index < -0.39 is 0 Å². The zero-order chi connectivity index (χ0) is 17.7. The SMILES string of the molecule is CCCCCCNC(=NC)NCCc1nccn1Cc1ccccc1.I. The van der Waals surface area contributed by atoms with Gasteiger partial charge in [-0.2, -0.15) is 0 Å². The average molecular weight is 469 g/mol. The Morgan fingerprint density at radius 3 is 2.58 bits per heavy atom. The highest BCUT2D eigenvalue weighted by atomic mass is 127. The van der Waals surface area contributed by atoms with Crippen molar-refractivity contribution in [2.75, 3.05) is 20.1 Å². The quantitative estimate of drug-likeness (QED) is 0.241. The zero-order valence-corrected chi connectivity index (χ0v) is 18.3. The van der Waals surface area contributed by atoms with Crippen LogP contribution >= 0.6 is 24.0 Å². The number of hydrogen-bond donors (Lipinski definition) is 2. The molecule has 0 fully saturated rings. The predicted octanol–water partition coefficient (Wildman–Crippen LogP) is 3.84. The molecule has 0 atom stereocenters. The third kappa shape index (κ3) is 8.21. The molecule has 6 heteroatoms. The van der Waals surface area contributed by atoms with Crippen LogP contribution < -0.4 is 10.6 Å². The molecule has 0 aliphatic heterocycles. The lowest BCUT2D eigenvalue weighted by molar-refractivity contribution is 0.644. The molecule has 144 valence electrons. The number of hydrogen-bond acceptors (Lipinski definition) is 2. The van der Waals surface area contributed by atoms with Crippen molar-refractivity contribution in [3.63, 3.8) is 0 Å². The number of benzene rings is 1. The number of nitrogens with one attached hydrogen (secondary N) is 2. The third-order valence-corrected chi connectivity index (χ3v) is 4.18. The third-order valence-electron chi connectivity index (χ3n) is 4.18. The minimum absolute atomic E-state index is 0. The van der Waals surface area contributed by atoms with E-state index in [0.29, 0.717) is 0 Å². The highest BCUT2D eigenvalue weighted by Crippen LogP contribution is 2.05. The Morgan fingerprint density at radius 1 is 1.08 bits per heavy atom. The molecule has 0 saturated carbocycles. The average Bonchev–Trinajstić information content (AvgIpc) is 3.08.